The van der Waals surface area contributed by atoms with Crippen LogP contribution in [-0.2, 0) is 25.7 Å². The van der Waals surface area contributed by atoms with Gasteiger partial charge in [-0.1, -0.05) is 18.2 Å². The van der Waals surface area contributed by atoms with Crippen LogP contribution in [0.1, 0.15) is 22.4 Å². The lowest BCUT2D eigenvalue weighted by atomic mass is 10.0. The molecule has 4 rings (SSSR count). The number of fused-ring (bicyclic) bond motifs is 1. The van der Waals surface area contributed by atoms with E-state index in [1.807, 2.05) is 4.90 Å². The molecule has 1 aliphatic heterocycles. The summed E-state index contributed by atoms with van der Waals surface area (Å²) < 4.78 is 39.8. The number of benzene rings is 1. The van der Waals surface area contributed by atoms with Gasteiger partial charge in [0, 0.05) is 43.2 Å². The Kier molecular flexibility index (Phi) is 4.72. The molecular formula is C20H17F3N4O. The molecule has 3 aromatic rings. The van der Waals surface area contributed by atoms with E-state index >= 15 is 0 Å². The summed E-state index contributed by atoms with van der Waals surface area (Å²) in [5.74, 6) is 0.434. The minimum absolute atomic E-state index is 0.147. The number of rotatable bonds is 3. The highest BCUT2D eigenvalue weighted by Gasteiger charge is 2.33. The van der Waals surface area contributed by atoms with Crippen molar-refractivity contribution in [1.29, 1.82) is 0 Å². The first-order valence-electron chi connectivity index (χ1n) is 8.82. The number of alkyl halides is 3. The number of hydrogen-bond acceptors (Lipinski definition) is 4. The van der Waals surface area contributed by atoms with Crippen LogP contribution in [0.3, 0.4) is 0 Å². The van der Waals surface area contributed by atoms with Crippen LogP contribution in [0.25, 0.3) is 11.4 Å². The number of aromatic amines is 1. The van der Waals surface area contributed by atoms with Gasteiger partial charge in [-0.2, -0.15) is 13.2 Å². The van der Waals surface area contributed by atoms with Gasteiger partial charge in [-0.05, 0) is 30.2 Å². The van der Waals surface area contributed by atoms with Gasteiger partial charge in [0.15, 0.2) is 0 Å². The first kappa shape index (κ1) is 18.4. The molecule has 0 unspecified atom stereocenters. The molecule has 0 aliphatic carbocycles. The Morgan fingerprint density at radius 1 is 1.11 bits per heavy atom. The number of nitrogens with one attached hydrogen (secondary N) is 1. The Morgan fingerprint density at radius 3 is 2.61 bits per heavy atom. The number of nitrogens with zero attached hydrogens (tertiary/aromatic N) is 3. The lowest BCUT2D eigenvalue weighted by Crippen LogP contribution is -2.35. The highest BCUT2D eigenvalue weighted by Crippen LogP contribution is 2.33. The van der Waals surface area contributed by atoms with Crippen LogP contribution in [0.4, 0.5) is 13.2 Å². The zero-order valence-electron chi connectivity index (χ0n) is 14.8. The summed E-state index contributed by atoms with van der Waals surface area (Å²) in [6.45, 7) is 0.969. The molecule has 0 atom stereocenters. The summed E-state index contributed by atoms with van der Waals surface area (Å²) in [6.07, 6.45) is -0.735. The fourth-order valence-corrected chi connectivity index (χ4v) is 3.45. The highest BCUT2D eigenvalue weighted by molar-refractivity contribution is 5.54. The van der Waals surface area contributed by atoms with E-state index < -0.39 is 11.7 Å². The van der Waals surface area contributed by atoms with Crippen LogP contribution < -0.4 is 5.56 Å². The summed E-state index contributed by atoms with van der Waals surface area (Å²) in [6, 6.07) is 9.06. The zero-order chi connectivity index (χ0) is 19.7. The molecule has 0 fully saturated rings. The maximum absolute atomic E-state index is 13.3. The van der Waals surface area contributed by atoms with Crippen molar-refractivity contribution >= 4 is 0 Å². The van der Waals surface area contributed by atoms with Crippen LogP contribution in [0, 0.1) is 0 Å². The van der Waals surface area contributed by atoms with Crippen LogP contribution in [0.5, 0.6) is 0 Å². The third-order valence-corrected chi connectivity index (χ3v) is 4.82. The molecule has 0 bridgehead atoms. The van der Waals surface area contributed by atoms with E-state index in [2.05, 4.69) is 15.0 Å². The predicted octanol–water partition coefficient (Wildman–Crippen LogP) is 3.41. The van der Waals surface area contributed by atoms with Gasteiger partial charge in [0.2, 0.25) is 0 Å². The molecule has 1 aromatic carbocycles. The van der Waals surface area contributed by atoms with Gasteiger partial charge in [-0.15, -0.1) is 0 Å². The molecule has 0 amide bonds. The Labute approximate surface area is 158 Å². The van der Waals surface area contributed by atoms with E-state index in [1.54, 1.807) is 30.6 Å². The van der Waals surface area contributed by atoms with Crippen molar-refractivity contribution in [2.24, 2.45) is 0 Å². The van der Waals surface area contributed by atoms with Crippen LogP contribution in [-0.4, -0.2) is 26.4 Å². The fraction of sp³-hybridized carbons (Fsp3) is 0.250. The third-order valence-electron chi connectivity index (χ3n) is 4.82. The molecule has 0 saturated heterocycles. The topological polar surface area (TPSA) is 61.9 Å². The minimum Gasteiger partial charge on any atom is -0.306 e. The Balaban J connectivity index is 1.62. The summed E-state index contributed by atoms with van der Waals surface area (Å²) in [5, 5.41) is 0. The van der Waals surface area contributed by atoms with E-state index in [0.29, 0.717) is 36.6 Å². The zero-order valence-corrected chi connectivity index (χ0v) is 14.8. The quantitative estimate of drug-likeness (QED) is 0.749. The van der Waals surface area contributed by atoms with E-state index in [0.717, 1.165) is 11.6 Å². The SMILES string of the molecule is O=c1[nH]c(-c2ccncc2)nc2c1CCN(Cc1ccccc1C(F)(F)F)C2. The Morgan fingerprint density at radius 2 is 1.86 bits per heavy atom. The second-order valence-corrected chi connectivity index (χ2v) is 6.69. The molecule has 0 spiro atoms. The number of aromatic nitrogens is 3. The monoisotopic (exact) mass is 386 g/mol. The molecule has 8 heteroatoms. The number of halogens is 3. The first-order valence-corrected chi connectivity index (χ1v) is 8.82. The lowest BCUT2D eigenvalue weighted by molar-refractivity contribution is -0.138. The number of pyridine rings is 1. The van der Waals surface area contributed by atoms with Crippen LogP contribution in [0.2, 0.25) is 0 Å². The minimum atomic E-state index is -4.39. The van der Waals surface area contributed by atoms with Crippen molar-refractivity contribution in [3.8, 4) is 11.4 Å². The molecule has 0 saturated carbocycles. The molecule has 28 heavy (non-hydrogen) atoms. The average Bonchev–Trinajstić information content (AvgIpc) is 2.68. The fourth-order valence-electron chi connectivity index (χ4n) is 3.45. The standard InChI is InChI=1S/C20H17F3N4O/c21-20(22,23)16-4-2-1-3-14(16)11-27-10-7-15-17(12-27)25-18(26-19(15)28)13-5-8-24-9-6-13/h1-6,8-9H,7,10-12H2,(H,25,26,28). The number of hydrogen-bond donors (Lipinski definition) is 1. The molecule has 3 heterocycles. The summed E-state index contributed by atoms with van der Waals surface area (Å²) in [7, 11) is 0. The van der Waals surface area contributed by atoms with Crippen LogP contribution in [0.15, 0.2) is 53.6 Å². The first-order chi connectivity index (χ1) is 13.4. The van der Waals surface area contributed by atoms with Gasteiger partial charge >= 0.3 is 6.18 Å². The van der Waals surface area contributed by atoms with Gasteiger partial charge in [0.05, 0.1) is 11.3 Å². The van der Waals surface area contributed by atoms with Crippen molar-refractivity contribution in [3.05, 3.63) is 81.5 Å². The van der Waals surface area contributed by atoms with E-state index in [-0.39, 0.29) is 17.7 Å². The van der Waals surface area contributed by atoms with Crippen molar-refractivity contribution in [1.82, 2.24) is 19.9 Å². The lowest BCUT2D eigenvalue weighted by Gasteiger charge is -2.28. The summed E-state index contributed by atoms with van der Waals surface area (Å²) >= 11 is 0. The Hall–Kier alpha value is -3.00. The summed E-state index contributed by atoms with van der Waals surface area (Å²) in [4.78, 5) is 25.6. The molecule has 1 aliphatic rings. The highest BCUT2D eigenvalue weighted by atomic mass is 19.4. The average molecular weight is 386 g/mol. The Bertz CT molecular complexity index is 1050. The van der Waals surface area contributed by atoms with E-state index in [4.69, 9.17) is 0 Å². The van der Waals surface area contributed by atoms with Gasteiger partial charge < -0.3 is 4.98 Å². The maximum atomic E-state index is 13.3. The molecule has 0 radical (unpaired) electrons. The van der Waals surface area contributed by atoms with Crippen molar-refractivity contribution < 1.29 is 13.2 Å². The van der Waals surface area contributed by atoms with Crippen LogP contribution >= 0.6 is 0 Å². The van der Waals surface area contributed by atoms with E-state index in [1.165, 1.54) is 12.1 Å². The third kappa shape index (κ3) is 3.68. The molecule has 5 nitrogen and oxygen atoms in total. The number of H-pyrrole nitrogens is 1. The smallest absolute Gasteiger partial charge is 0.306 e. The van der Waals surface area contributed by atoms with Crippen molar-refractivity contribution in [3.63, 3.8) is 0 Å². The normalized spacial score (nSPS) is 14.7. The largest absolute Gasteiger partial charge is 0.416 e. The molecular weight excluding hydrogens is 369 g/mol. The summed E-state index contributed by atoms with van der Waals surface area (Å²) in [5.41, 5.74) is 1.32. The predicted molar refractivity (Wildman–Crippen MR) is 97.4 cm³/mol. The van der Waals surface area contributed by atoms with Crippen molar-refractivity contribution in [2.45, 2.75) is 25.7 Å². The van der Waals surface area contributed by atoms with Gasteiger partial charge in [0.25, 0.3) is 5.56 Å². The van der Waals surface area contributed by atoms with Gasteiger partial charge in [-0.25, -0.2) is 4.98 Å². The van der Waals surface area contributed by atoms with Crippen molar-refractivity contribution in [2.75, 3.05) is 6.54 Å². The second-order valence-electron chi connectivity index (χ2n) is 6.69. The maximum Gasteiger partial charge on any atom is 0.416 e. The van der Waals surface area contributed by atoms with Gasteiger partial charge in [-0.3, -0.25) is 14.7 Å². The molecule has 2 aromatic heterocycles. The molecule has 144 valence electrons. The van der Waals surface area contributed by atoms with E-state index in [9.17, 15) is 18.0 Å². The van der Waals surface area contributed by atoms with Gasteiger partial charge in [0.1, 0.15) is 5.82 Å². The molecule has 1 N–H and O–H groups in total. The second kappa shape index (κ2) is 7.20.